The number of anilines is 1. The third-order valence-electron chi connectivity index (χ3n) is 4.13. The van der Waals surface area contributed by atoms with Crippen molar-refractivity contribution in [2.45, 2.75) is 0 Å². The minimum absolute atomic E-state index is 0.0497. The Morgan fingerprint density at radius 1 is 1.14 bits per heavy atom. The Morgan fingerprint density at radius 3 is 2.46 bits per heavy atom. The molecule has 2 aromatic heterocycles. The second-order valence-electron chi connectivity index (χ2n) is 5.93. The molecule has 0 saturated heterocycles. The number of nitro groups is 1. The highest BCUT2D eigenvalue weighted by Gasteiger charge is 2.14. The number of carbonyl (C=O) groups is 1. The Balaban J connectivity index is 1.90. The molecule has 1 N–H and O–H groups in total. The van der Waals surface area contributed by atoms with Crippen LogP contribution in [0.25, 0.3) is 17.1 Å². The molecule has 0 atom stereocenters. The smallest absolute Gasteiger partial charge is 0.322 e. The monoisotopic (exact) mass is 381 g/mol. The molecule has 0 aliphatic carbocycles. The highest BCUT2D eigenvalue weighted by molar-refractivity contribution is 6.06. The first-order chi connectivity index (χ1) is 13.3. The van der Waals surface area contributed by atoms with E-state index < -0.39 is 22.1 Å². The van der Waals surface area contributed by atoms with Crippen LogP contribution in [0, 0.1) is 10.1 Å². The molecule has 0 unspecified atom stereocenters. The summed E-state index contributed by atoms with van der Waals surface area (Å²) in [6, 6.07) is 7.15. The number of rotatable bonds is 4. The van der Waals surface area contributed by atoms with Crippen molar-refractivity contribution in [2.24, 2.45) is 14.1 Å². The van der Waals surface area contributed by atoms with Crippen LogP contribution < -0.4 is 16.6 Å². The van der Waals surface area contributed by atoms with Crippen molar-refractivity contribution in [1.29, 1.82) is 0 Å². The van der Waals surface area contributed by atoms with Crippen LogP contribution in [0.4, 0.5) is 11.4 Å². The van der Waals surface area contributed by atoms with Crippen LogP contribution in [0.2, 0.25) is 0 Å². The van der Waals surface area contributed by atoms with E-state index in [-0.39, 0.29) is 22.4 Å². The third kappa shape index (κ3) is 3.43. The number of carbonyl (C=O) groups excluding carboxylic acids is 1. The molecular weight excluding hydrogens is 366 g/mol. The van der Waals surface area contributed by atoms with E-state index in [1.54, 1.807) is 0 Å². The topological polar surface area (TPSA) is 129 Å². The van der Waals surface area contributed by atoms with Gasteiger partial charge in [0.15, 0.2) is 5.65 Å². The summed E-state index contributed by atoms with van der Waals surface area (Å²) in [6.45, 7) is 0. The van der Waals surface area contributed by atoms with Crippen LogP contribution in [0.15, 0.2) is 52.2 Å². The molecule has 0 aliphatic rings. The average Bonchev–Trinajstić information content (AvgIpc) is 2.69. The first-order valence-corrected chi connectivity index (χ1v) is 8.08. The molecule has 0 aliphatic heterocycles. The minimum Gasteiger partial charge on any atom is -0.322 e. The van der Waals surface area contributed by atoms with E-state index >= 15 is 0 Å². The molecule has 2 heterocycles. The van der Waals surface area contributed by atoms with Crippen molar-refractivity contribution >= 4 is 34.4 Å². The first-order valence-electron chi connectivity index (χ1n) is 8.08. The zero-order valence-corrected chi connectivity index (χ0v) is 14.9. The zero-order chi connectivity index (χ0) is 20.4. The Labute approximate surface area is 157 Å². The number of benzene rings is 1. The van der Waals surface area contributed by atoms with Crippen molar-refractivity contribution in [3.05, 3.63) is 79.1 Å². The number of aromatic nitrogens is 3. The number of amides is 1. The van der Waals surface area contributed by atoms with Gasteiger partial charge in [-0.3, -0.25) is 28.8 Å². The molecule has 3 aromatic rings. The molecule has 0 radical (unpaired) electrons. The SMILES string of the molecule is Cn1c(=O)c2c(NC(=O)/C=C\c3ccc([N+](=O)[O-])cc3)ccnc2n(C)c1=O. The maximum atomic E-state index is 12.5. The van der Waals surface area contributed by atoms with Gasteiger partial charge in [0.1, 0.15) is 5.39 Å². The van der Waals surface area contributed by atoms with Gasteiger partial charge < -0.3 is 5.32 Å². The van der Waals surface area contributed by atoms with Gasteiger partial charge in [-0.15, -0.1) is 0 Å². The standard InChI is InChI=1S/C18H15N5O5/c1-21-16-15(17(25)22(2)18(21)26)13(9-10-19-16)20-14(24)8-5-11-3-6-12(7-4-11)23(27)28/h3-10H,1-2H3,(H,19,20,24)/b8-5-. The van der Waals surface area contributed by atoms with Crippen LogP contribution in [0.3, 0.4) is 0 Å². The number of pyridine rings is 1. The number of nitrogens with zero attached hydrogens (tertiary/aromatic N) is 4. The fourth-order valence-electron chi connectivity index (χ4n) is 2.64. The Bertz CT molecular complexity index is 1240. The lowest BCUT2D eigenvalue weighted by molar-refractivity contribution is -0.384. The second kappa shape index (κ2) is 7.27. The van der Waals surface area contributed by atoms with Crippen molar-refractivity contribution in [3.63, 3.8) is 0 Å². The average molecular weight is 381 g/mol. The molecule has 1 aromatic carbocycles. The van der Waals surface area contributed by atoms with E-state index in [4.69, 9.17) is 0 Å². The van der Waals surface area contributed by atoms with E-state index in [1.807, 2.05) is 0 Å². The number of aryl methyl sites for hydroxylation is 1. The maximum absolute atomic E-state index is 12.5. The number of hydrogen-bond donors (Lipinski definition) is 1. The minimum atomic E-state index is -0.569. The Kier molecular flexibility index (Phi) is 4.86. The molecule has 142 valence electrons. The van der Waals surface area contributed by atoms with Gasteiger partial charge in [0, 0.05) is 38.5 Å². The molecule has 0 saturated carbocycles. The predicted molar refractivity (Wildman–Crippen MR) is 103 cm³/mol. The van der Waals surface area contributed by atoms with E-state index in [2.05, 4.69) is 10.3 Å². The molecular formula is C18H15N5O5. The number of fused-ring (bicyclic) bond motifs is 1. The van der Waals surface area contributed by atoms with Gasteiger partial charge in [-0.2, -0.15) is 0 Å². The molecule has 10 nitrogen and oxygen atoms in total. The maximum Gasteiger partial charge on any atom is 0.332 e. The van der Waals surface area contributed by atoms with Crippen LogP contribution in [0.5, 0.6) is 0 Å². The highest BCUT2D eigenvalue weighted by atomic mass is 16.6. The lowest BCUT2D eigenvalue weighted by Crippen LogP contribution is -2.37. The van der Waals surface area contributed by atoms with Gasteiger partial charge in [-0.05, 0) is 29.8 Å². The number of nitrogens with one attached hydrogen (secondary N) is 1. The fraction of sp³-hybridized carbons (Fsp3) is 0.111. The molecule has 28 heavy (non-hydrogen) atoms. The van der Waals surface area contributed by atoms with Crippen molar-refractivity contribution in [1.82, 2.24) is 14.1 Å². The molecule has 1 amide bonds. The quantitative estimate of drug-likeness (QED) is 0.411. The van der Waals surface area contributed by atoms with Gasteiger partial charge >= 0.3 is 5.69 Å². The molecule has 10 heteroatoms. The summed E-state index contributed by atoms with van der Waals surface area (Å²) >= 11 is 0. The summed E-state index contributed by atoms with van der Waals surface area (Å²) in [5.41, 5.74) is -0.165. The summed E-state index contributed by atoms with van der Waals surface area (Å²) in [5.74, 6) is -0.512. The normalized spacial score (nSPS) is 11.1. The fourth-order valence-corrected chi connectivity index (χ4v) is 2.64. The lowest BCUT2D eigenvalue weighted by atomic mass is 10.2. The largest absolute Gasteiger partial charge is 0.332 e. The first kappa shape index (κ1) is 18.7. The summed E-state index contributed by atoms with van der Waals surface area (Å²) < 4.78 is 2.16. The van der Waals surface area contributed by atoms with Crippen molar-refractivity contribution < 1.29 is 9.72 Å². The predicted octanol–water partition coefficient (Wildman–Crippen LogP) is 1.19. The van der Waals surface area contributed by atoms with Crippen LogP contribution in [-0.4, -0.2) is 24.9 Å². The molecule has 3 rings (SSSR count). The zero-order valence-electron chi connectivity index (χ0n) is 14.9. The third-order valence-corrected chi connectivity index (χ3v) is 4.13. The van der Waals surface area contributed by atoms with Gasteiger partial charge in [-0.1, -0.05) is 0 Å². The molecule has 0 fully saturated rings. The van der Waals surface area contributed by atoms with Gasteiger partial charge in [0.25, 0.3) is 11.2 Å². The van der Waals surface area contributed by atoms with Gasteiger partial charge in [0.05, 0.1) is 10.6 Å². The lowest BCUT2D eigenvalue weighted by Gasteiger charge is -2.10. The van der Waals surface area contributed by atoms with E-state index in [0.29, 0.717) is 5.56 Å². The Hall–Kier alpha value is -4.08. The van der Waals surface area contributed by atoms with E-state index in [9.17, 15) is 24.5 Å². The van der Waals surface area contributed by atoms with Gasteiger partial charge in [0.2, 0.25) is 5.91 Å². The summed E-state index contributed by atoms with van der Waals surface area (Å²) in [4.78, 5) is 50.9. The van der Waals surface area contributed by atoms with E-state index in [0.717, 1.165) is 4.57 Å². The van der Waals surface area contributed by atoms with Crippen LogP contribution >= 0.6 is 0 Å². The summed E-state index contributed by atoms with van der Waals surface area (Å²) in [6.07, 6.45) is 4.10. The highest BCUT2D eigenvalue weighted by Crippen LogP contribution is 2.17. The van der Waals surface area contributed by atoms with Gasteiger partial charge in [-0.25, -0.2) is 9.78 Å². The summed E-state index contributed by atoms with van der Waals surface area (Å²) in [7, 11) is 2.83. The van der Waals surface area contributed by atoms with Crippen LogP contribution in [-0.2, 0) is 18.9 Å². The molecule has 0 spiro atoms. The van der Waals surface area contributed by atoms with Crippen molar-refractivity contribution in [3.8, 4) is 0 Å². The number of hydrogen-bond acceptors (Lipinski definition) is 6. The second-order valence-corrected chi connectivity index (χ2v) is 5.93. The van der Waals surface area contributed by atoms with Crippen molar-refractivity contribution in [2.75, 3.05) is 5.32 Å². The number of non-ortho nitro benzene ring substituents is 1. The Morgan fingerprint density at radius 2 is 1.82 bits per heavy atom. The number of nitro benzene ring substituents is 1. The molecule has 0 bridgehead atoms. The van der Waals surface area contributed by atoms with Crippen LogP contribution in [0.1, 0.15) is 5.56 Å². The summed E-state index contributed by atoms with van der Waals surface area (Å²) in [5, 5.41) is 13.4. The van der Waals surface area contributed by atoms with E-state index in [1.165, 1.54) is 67.3 Å².